The van der Waals surface area contributed by atoms with Gasteiger partial charge in [0.25, 0.3) is 5.91 Å². The molecule has 1 saturated carbocycles. The van der Waals surface area contributed by atoms with Gasteiger partial charge in [0.1, 0.15) is 5.41 Å². The number of carboxylic acid groups (broad SMARTS) is 1. The Balaban J connectivity index is 1.51. The summed E-state index contributed by atoms with van der Waals surface area (Å²) < 4.78 is 0. The zero-order valence-corrected chi connectivity index (χ0v) is 15.8. The highest BCUT2D eigenvalue weighted by Gasteiger charge is 2.59. The predicted molar refractivity (Wildman–Crippen MR) is 97.1 cm³/mol. The van der Waals surface area contributed by atoms with Gasteiger partial charge in [0.2, 0.25) is 5.91 Å². The third-order valence-electron chi connectivity index (χ3n) is 6.29. The maximum Gasteiger partial charge on any atom is 0.313 e. The number of hydrogen-bond acceptors (Lipinski definition) is 4. The van der Waals surface area contributed by atoms with Gasteiger partial charge in [-0.05, 0) is 31.9 Å². The molecule has 6 nitrogen and oxygen atoms in total. The van der Waals surface area contributed by atoms with Gasteiger partial charge < -0.3 is 14.9 Å². The number of fused-ring (bicyclic) bond motifs is 1. The van der Waals surface area contributed by atoms with Crippen LogP contribution in [-0.2, 0) is 9.59 Å². The Morgan fingerprint density at radius 2 is 1.77 bits per heavy atom. The highest BCUT2D eigenvalue weighted by Crippen LogP contribution is 2.44. The van der Waals surface area contributed by atoms with Crippen molar-refractivity contribution in [3.8, 4) is 0 Å². The summed E-state index contributed by atoms with van der Waals surface area (Å²) in [6.45, 7) is 3.24. The topological polar surface area (TPSA) is 77.9 Å². The molecule has 1 aromatic heterocycles. The quantitative estimate of drug-likeness (QED) is 0.878. The van der Waals surface area contributed by atoms with Gasteiger partial charge in [0, 0.05) is 42.9 Å². The SMILES string of the molecule is Cc1ccc(C(=O)N2C[C@H]3CN(C(=O)C4CCCC4)C[C@@]3(C(=O)O)C2)s1. The predicted octanol–water partition coefficient (Wildman–Crippen LogP) is 2.23. The molecule has 0 spiro atoms. The average Bonchev–Trinajstić information content (AvgIpc) is 3.35. The number of rotatable bonds is 3. The molecule has 7 heteroatoms. The first-order valence-corrected chi connectivity index (χ1v) is 10.1. The first kappa shape index (κ1) is 17.5. The summed E-state index contributed by atoms with van der Waals surface area (Å²) in [6, 6.07) is 3.71. The number of nitrogens with zero attached hydrogens (tertiary/aromatic N) is 2. The minimum absolute atomic E-state index is 0.0616. The molecule has 3 fully saturated rings. The van der Waals surface area contributed by atoms with Crippen LogP contribution in [0.3, 0.4) is 0 Å². The summed E-state index contributed by atoms with van der Waals surface area (Å²) >= 11 is 1.44. The first-order valence-electron chi connectivity index (χ1n) is 9.28. The smallest absolute Gasteiger partial charge is 0.313 e. The van der Waals surface area contributed by atoms with E-state index in [0.29, 0.717) is 18.0 Å². The second-order valence-electron chi connectivity index (χ2n) is 7.95. The molecule has 140 valence electrons. The van der Waals surface area contributed by atoms with Crippen LogP contribution in [0.2, 0.25) is 0 Å². The molecule has 2 atom stereocenters. The van der Waals surface area contributed by atoms with E-state index in [1.807, 2.05) is 13.0 Å². The van der Waals surface area contributed by atoms with E-state index in [2.05, 4.69) is 0 Å². The van der Waals surface area contributed by atoms with Crippen molar-refractivity contribution in [1.29, 1.82) is 0 Å². The van der Waals surface area contributed by atoms with Crippen molar-refractivity contribution < 1.29 is 19.5 Å². The fourth-order valence-corrected chi connectivity index (χ4v) is 5.66. The van der Waals surface area contributed by atoms with Crippen molar-refractivity contribution in [3.05, 3.63) is 21.9 Å². The molecule has 26 heavy (non-hydrogen) atoms. The van der Waals surface area contributed by atoms with E-state index in [1.165, 1.54) is 11.3 Å². The van der Waals surface area contributed by atoms with Crippen molar-refractivity contribution in [3.63, 3.8) is 0 Å². The monoisotopic (exact) mass is 376 g/mol. The molecule has 2 aliphatic heterocycles. The highest BCUT2D eigenvalue weighted by atomic mass is 32.1. The van der Waals surface area contributed by atoms with Crippen molar-refractivity contribution in [2.45, 2.75) is 32.6 Å². The number of carbonyl (C=O) groups excluding carboxylic acids is 2. The Morgan fingerprint density at radius 3 is 2.35 bits per heavy atom. The molecule has 2 saturated heterocycles. The summed E-state index contributed by atoms with van der Waals surface area (Å²) in [5, 5.41) is 9.94. The number of aliphatic carboxylic acids is 1. The standard InChI is InChI=1S/C19H24N2O4S/c1-12-6-7-15(26-12)17(23)21-9-14-8-20(10-19(14,11-21)18(24)25)16(22)13-4-2-3-5-13/h6-7,13-14H,2-5,8-11H2,1H3,(H,24,25)/t14-,19-/m1/s1. The fourth-order valence-electron chi connectivity index (χ4n) is 4.83. The van der Waals surface area contributed by atoms with Gasteiger partial charge in [-0.2, -0.15) is 0 Å². The summed E-state index contributed by atoms with van der Waals surface area (Å²) in [6.07, 6.45) is 4.01. The lowest BCUT2D eigenvalue weighted by Crippen LogP contribution is -2.43. The van der Waals surface area contributed by atoms with Crippen LogP contribution in [-0.4, -0.2) is 58.9 Å². The minimum Gasteiger partial charge on any atom is -0.481 e. The Hall–Kier alpha value is -1.89. The van der Waals surface area contributed by atoms with E-state index < -0.39 is 11.4 Å². The number of thiophene rings is 1. The largest absolute Gasteiger partial charge is 0.481 e. The van der Waals surface area contributed by atoms with E-state index in [4.69, 9.17) is 0 Å². The lowest BCUT2D eigenvalue weighted by molar-refractivity contribution is -0.149. The number of hydrogen-bond donors (Lipinski definition) is 1. The third-order valence-corrected chi connectivity index (χ3v) is 7.28. The van der Waals surface area contributed by atoms with Crippen molar-refractivity contribution in [1.82, 2.24) is 9.80 Å². The van der Waals surface area contributed by atoms with Crippen LogP contribution in [0.15, 0.2) is 12.1 Å². The van der Waals surface area contributed by atoms with Crippen LogP contribution >= 0.6 is 11.3 Å². The molecule has 1 aromatic rings. The van der Waals surface area contributed by atoms with Crippen LogP contribution in [0.1, 0.15) is 40.2 Å². The van der Waals surface area contributed by atoms with E-state index >= 15 is 0 Å². The van der Waals surface area contributed by atoms with Crippen LogP contribution in [0.5, 0.6) is 0 Å². The van der Waals surface area contributed by atoms with Crippen molar-refractivity contribution in [2.24, 2.45) is 17.3 Å². The molecular formula is C19H24N2O4S. The van der Waals surface area contributed by atoms with E-state index in [1.54, 1.807) is 15.9 Å². The molecule has 0 aromatic carbocycles. The van der Waals surface area contributed by atoms with Crippen molar-refractivity contribution in [2.75, 3.05) is 26.2 Å². The number of likely N-dealkylation sites (tertiary alicyclic amines) is 2. The zero-order chi connectivity index (χ0) is 18.5. The Bertz CT molecular complexity index is 754. The number of amides is 2. The van der Waals surface area contributed by atoms with Crippen LogP contribution in [0.25, 0.3) is 0 Å². The minimum atomic E-state index is -1.02. The molecule has 0 radical (unpaired) electrons. The molecule has 3 heterocycles. The van der Waals surface area contributed by atoms with Gasteiger partial charge in [0.15, 0.2) is 0 Å². The van der Waals surface area contributed by atoms with Crippen LogP contribution < -0.4 is 0 Å². The molecular weight excluding hydrogens is 352 g/mol. The molecule has 1 N–H and O–H groups in total. The van der Waals surface area contributed by atoms with Gasteiger partial charge in [-0.15, -0.1) is 11.3 Å². The van der Waals surface area contributed by atoms with E-state index in [0.717, 1.165) is 30.6 Å². The summed E-state index contributed by atoms with van der Waals surface area (Å²) in [5.41, 5.74) is -1.02. The van der Waals surface area contributed by atoms with Gasteiger partial charge in [-0.1, -0.05) is 12.8 Å². The van der Waals surface area contributed by atoms with E-state index in [9.17, 15) is 19.5 Å². The van der Waals surface area contributed by atoms with Gasteiger partial charge >= 0.3 is 5.97 Å². The fraction of sp³-hybridized carbons (Fsp3) is 0.632. The average molecular weight is 376 g/mol. The molecule has 0 unspecified atom stereocenters. The van der Waals surface area contributed by atoms with E-state index in [-0.39, 0.29) is 36.7 Å². The Morgan fingerprint density at radius 1 is 1.12 bits per heavy atom. The number of aryl methyl sites for hydroxylation is 1. The molecule has 0 bridgehead atoms. The van der Waals surface area contributed by atoms with Gasteiger partial charge in [-0.3, -0.25) is 14.4 Å². The molecule has 4 rings (SSSR count). The second kappa shape index (κ2) is 6.37. The lowest BCUT2D eigenvalue weighted by Gasteiger charge is -2.26. The zero-order valence-electron chi connectivity index (χ0n) is 14.9. The summed E-state index contributed by atoms with van der Waals surface area (Å²) in [5.74, 6) is -0.986. The number of carbonyl (C=O) groups is 3. The first-order chi connectivity index (χ1) is 12.4. The molecule has 2 amide bonds. The van der Waals surface area contributed by atoms with Crippen LogP contribution in [0.4, 0.5) is 0 Å². The lowest BCUT2D eigenvalue weighted by atomic mass is 9.81. The second-order valence-corrected chi connectivity index (χ2v) is 9.24. The Labute approximate surface area is 156 Å². The highest BCUT2D eigenvalue weighted by molar-refractivity contribution is 7.13. The summed E-state index contributed by atoms with van der Waals surface area (Å²) in [7, 11) is 0. The third kappa shape index (κ3) is 2.73. The Kier molecular flexibility index (Phi) is 4.29. The van der Waals surface area contributed by atoms with Gasteiger partial charge in [0.05, 0.1) is 4.88 Å². The molecule has 3 aliphatic rings. The van der Waals surface area contributed by atoms with Gasteiger partial charge in [-0.25, -0.2) is 0 Å². The number of carboxylic acids is 1. The maximum atomic E-state index is 12.7. The normalized spacial score (nSPS) is 28.6. The maximum absolute atomic E-state index is 12.7. The summed E-state index contributed by atoms with van der Waals surface area (Å²) in [4.78, 5) is 42.8. The van der Waals surface area contributed by atoms with Crippen LogP contribution in [0, 0.1) is 24.2 Å². The van der Waals surface area contributed by atoms with Crippen molar-refractivity contribution >= 4 is 29.1 Å². The molecule has 1 aliphatic carbocycles.